The molecule has 0 spiro atoms. The molecule has 1 rings (SSSR count). The minimum atomic E-state index is 0. The molecule has 0 aromatic heterocycles. The smallest absolute Gasteiger partial charge is 0.680 e. The minimum absolute atomic E-state index is 0. The Labute approximate surface area is 118 Å². The Balaban J connectivity index is 0. The molecule has 1 aromatic carbocycles. The van der Waals surface area contributed by atoms with E-state index < -0.39 is 0 Å². The standard InChI is InChI=1S/C13H19N2.CH3.Zn/c1-10(2)14-12-8-6-5-7-9-13(12)15-11(3)4;;/h5-11H,1-4H3;1H3;/q2*-1;+2. The summed E-state index contributed by atoms with van der Waals surface area (Å²) in [7, 11) is 0. The average molecular weight is 284 g/mol. The molecule has 0 heterocycles. The quantitative estimate of drug-likeness (QED) is 0.595. The summed E-state index contributed by atoms with van der Waals surface area (Å²) in [6.45, 7) is 8.30. The van der Waals surface area contributed by atoms with E-state index in [2.05, 4.69) is 38.0 Å². The maximum absolute atomic E-state index is 4.56. The molecule has 0 unspecified atom stereocenters. The zero-order valence-electron chi connectivity index (χ0n) is 11.6. The first-order valence-corrected chi connectivity index (χ1v) is 5.43. The Hall–Kier alpha value is -0.687. The van der Waals surface area contributed by atoms with E-state index in [-0.39, 0.29) is 26.9 Å². The van der Waals surface area contributed by atoms with E-state index in [0.29, 0.717) is 12.1 Å². The van der Waals surface area contributed by atoms with E-state index in [0.717, 1.165) is 11.0 Å². The Morgan fingerprint density at radius 3 is 2.12 bits per heavy atom. The van der Waals surface area contributed by atoms with Crippen LogP contribution in [0.3, 0.4) is 0 Å². The first-order chi connectivity index (χ1) is 7.09. The molecular weight excluding hydrogens is 262 g/mol. The summed E-state index contributed by atoms with van der Waals surface area (Å²) in [4.78, 5) is 4.56. The third-order valence-corrected chi connectivity index (χ3v) is 1.79. The van der Waals surface area contributed by atoms with E-state index >= 15 is 0 Å². The van der Waals surface area contributed by atoms with Gasteiger partial charge in [0.05, 0.1) is 0 Å². The molecular formula is C14H22N2Zn. The van der Waals surface area contributed by atoms with Gasteiger partial charge in [-0.05, 0) is 19.9 Å². The molecule has 0 radical (unpaired) electrons. The zero-order chi connectivity index (χ0) is 11.3. The third kappa shape index (κ3) is 7.28. The van der Waals surface area contributed by atoms with E-state index in [4.69, 9.17) is 0 Å². The summed E-state index contributed by atoms with van der Waals surface area (Å²) in [5, 5.41) is 5.53. The molecule has 1 aromatic rings. The van der Waals surface area contributed by atoms with E-state index in [9.17, 15) is 0 Å². The number of hydrogen-bond donors (Lipinski definition) is 0. The molecule has 0 fully saturated rings. The van der Waals surface area contributed by atoms with Gasteiger partial charge >= 0.3 is 19.5 Å². The first-order valence-electron chi connectivity index (χ1n) is 5.43. The molecule has 0 amide bonds. The fourth-order valence-electron chi connectivity index (χ4n) is 1.30. The molecule has 0 aliphatic heterocycles. The van der Waals surface area contributed by atoms with Crippen LogP contribution in [0.2, 0.25) is 0 Å². The van der Waals surface area contributed by atoms with Gasteiger partial charge in [-0.3, -0.25) is 4.99 Å². The summed E-state index contributed by atoms with van der Waals surface area (Å²) in [6, 6.07) is 10.6. The van der Waals surface area contributed by atoms with Gasteiger partial charge in [0.15, 0.2) is 0 Å². The molecule has 0 atom stereocenters. The van der Waals surface area contributed by atoms with Gasteiger partial charge in [0, 0.05) is 11.4 Å². The average Bonchev–Trinajstić information content (AvgIpc) is 2.30. The summed E-state index contributed by atoms with van der Waals surface area (Å²) in [5.41, 5.74) is 0.976. The van der Waals surface area contributed by atoms with Crippen molar-refractivity contribution in [2.24, 2.45) is 4.99 Å². The van der Waals surface area contributed by atoms with Crippen LogP contribution < -0.4 is 5.36 Å². The van der Waals surface area contributed by atoms with Gasteiger partial charge in [0.2, 0.25) is 0 Å². The zero-order valence-corrected chi connectivity index (χ0v) is 14.6. The van der Waals surface area contributed by atoms with Crippen molar-refractivity contribution in [3.63, 3.8) is 0 Å². The summed E-state index contributed by atoms with van der Waals surface area (Å²) in [5.74, 6) is 0. The molecule has 3 heteroatoms. The van der Waals surface area contributed by atoms with Crippen molar-refractivity contribution >= 4 is 5.69 Å². The summed E-state index contributed by atoms with van der Waals surface area (Å²) >= 11 is 0. The Bertz CT molecular complexity index is 373. The van der Waals surface area contributed by atoms with Gasteiger partial charge in [0.1, 0.15) is 0 Å². The van der Waals surface area contributed by atoms with Crippen LogP contribution in [0.1, 0.15) is 27.7 Å². The molecule has 0 bridgehead atoms. The van der Waals surface area contributed by atoms with Crippen molar-refractivity contribution in [1.82, 2.24) is 0 Å². The van der Waals surface area contributed by atoms with Crippen LogP contribution in [-0.4, -0.2) is 12.1 Å². The Kier molecular flexibility index (Phi) is 10.3. The van der Waals surface area contributed by atoms with Crippen LogP contribution in [0, 0.1) is 7.43 Å². The van der Waals surface area contributed by atoms with E-state index in [1.165, 1.54) is 0 Å². The molecule has 90 valence electrons. The van der Waals surface area contributed by atoms with Crippen molar-refractivity contribution in [2.45, 2.75) is 39.8 Å². The van der Waals surface area contributed by atoms with Gasteiger partial charge in [-0.2, -0.15) is 0 Å². The van der Waals surface area contributed by atoms with Crippen LogP contribution in [0.25, 0.3) is 5.32 Å². The normalized spacial score (nSPS) is 10.8. The second-order valence-electron chi connectivity index (χ2n) is 4.13. The predicted molar refractivity (Wildman–Crippen MR) is 71.7 cm³/mol. The van der Waals surface area contributed by atoms with Crippen LogP contribution in [0.4, 0.5) is 5.69 Å². The van der Waals surface area contributed by atoms with Gasteiger partial charge in [-0.25, -0.2) is 0 Å². The van der Waals surface area contributed by atoms with Gasteiger partial charge in [-0.15, -0.1) is 11.7 Å². The second kappa shape index (κ2) is 9.35. The number of hydrogen-bond acceptors (Lipinski definition) is 1. The third-order valence-electron chi connectivity index (χ3n) is 1.79. The van der Waals surface area contributed by atoms with Crippen molar-refractivity contribution in [3.8, 4) is 0 Å². The largest absolute Gasteiger partial charge is 2.00 e. The van der Waals surface area contributed by atoms with Crippen LogP contribution in [-0.2, 0) is 19.5 Å². The SMILES string of the molecule is CC(C)N=c1cccccc1[N-]C(C)C.[CH3-].[Zn+2]. The second-order valence-corrected chi connectivity index (χ2v) is 4.13. The molecule has 0 aliphatic carbocycles. The van der Waals surface area contributed by atoms with Crippen molar-refractivity contribution in [2.75, 3.05) is 0 Å². The predicted octanol–water partition coefficient (Wildman–Crippen LogP) is 3.86. The van der Waals surface area contributed by atoms with Crippen molar-refractivity contribution in [3.05, 3.63) is 48.4 Å². The molecule has 0 N–H and O–H groups in total. The van der Waals surface area contributed by atoms with Gasteiger partial charge in [0.25, 0.3) is 0 Å². The molecule has 0 saturated heterocycles. The Morgan fingerprint density at radius 1 is 1.00 bits per heavy atom. The fraction of sp³-hybridized carbons (Fsp3) is 0.429. The van der Waals surface area contributed by atoms with Crippen LogP contribution >= 0.6 is 0 Å². The van der Waals surface area contributed by atoms with Crippen LogP contribution in [0.15, 0.2) is 35.3 Å². The molecule has 0 saturated carbocycles. The van der Waals surface area contributed by atoms with Gasteiger partial charge in [-0.1, -0.05) is 38.1 Å². The van der Waals surface area contributed by atoms with E-state index in [1.807, 2.05) is 30.3 Å². The fourth-order valence-corrected chi connectivity index (χ4v) is 1.30. The van der Waals surface area contributed by atoms with Crippen molar-refractivity contribution in [1.29, 1.82) is 0 Å². The maximum Gasteiger partial charge on any atom is 2.00 e. The maximum atomic E-state index is 4.56. The topological polar surface area (TPSA) is 26.5 Å². The number of nitrogens with zero attached hydrogens (tertiary/aromatic N) is 2. The Morgan fingerprint density at radius 2 is 1.59 bits per heavy atom. The number of rotatable bonds is 3. The monoisotopic (exact) mass is 282 g/mol. The molecule has 0 aliphatic rings. The van der Waals surface area contributed by atoms with Crippen molar-refractivity contribution < 1.29 is 19.5 Å². The van der Waals surface area contributed by atoms with Gasteiger partial charge < -0.3 is 12.7 Å². The van der Waals surface area contributed by atoms with E-state index in [1.54, 1.807) is 0 Å². The first kappa shape index (κ1) is 18.7. The molecule has 17 heavy (non-hydrogen) atoms. The minimum Gasteiger partial charge on any atom is -0.680 e. The van der Waals surface area contributed by atoms with Crippen LogP contribution in [0.5, 0.6) is 0 Å². The summed E-state index contributed by atoms with van der Waals surface area (Å²) < 4.78 is 0. The summed E-state index contributed by atoms with van der Waals surface area (Å²) in [6.07, 6.45) is 0. The molecule has 2 nitrogen and oxygen atoms in total.